The van der Waals surface area contributed by atoms with Crippen LogP contribution in [0.4, 0.5) is 14.6 Å². The van der Waals surface area contributed by atoms with Gasteiger partial charge in [0.2, 0.25) is 5.91 Å². The SMILES string of the molecule is CSc1cc2c(c(-c3cn(C)c4cnc(NC(C)=O)cc34)n1)OCC(C(C)(F)F)O2. The van der Waals surface area contributed by atoms with E-state index in [9.17, 15) is 13.6 Å². The fraction of sp³-hybridized carbons (Fsp3) is 0.350. The molecular weight excluding hydrogens is 414 g/mol. The number of halogens is 2. The van der Waals surface area contributed by atoms with E-state index >= 15 is 0 Å². The molecule has 1 aliphatic heterocycles. The average Bonchev–Trinajstić information content (AvgIpc) is 3.01. The second kappa shape index (κ2) is 7.42. The quantitative estimate of drug-likeness (QED) is 0.623. The molecule has 3 aromatic rings. The molecule has 0 radical (unpaired) electrons. The first-order valence-electron chi connectivity index (χ1n) is 9.16. The summed E-state index contributed by atoms with van der Waals surface area (Å²) in [6.45, 7) is 1.93. The fourth-order valence-electron chi connectivity index (χ4n) is 3.31. The van der Waals surface area contributed by atoms with E-state index in [1.54, 1.807) is 18.3 Å². The van der Waals surface area contributed by atoms with Crippen molar-refractivity contribution in [1.82, 2.24) is 14.5 Å². The minimum Gasteiger partial charge on any atom is -0.483 e. The summed E-state index contributed by atoms with van der Waals surface area (Å²) in [4.78, 5) is 20.3. The molecule has 1 unspecified atom stereocenters. The third-order valence-corrected chi connectivity index (χ3v) is 5.40. The number of carbonyl (C=O) groups is 1. The highest BCUT2D eigenvalue weighted by atomic mass is 32.2. The Morgan fingerprint density at radius 3 is 2.83 bits per heavy atom. The molecule has 0 saturated heterocycles. The van der Waals surface area contributed by atoms with Crippen molar-refractivity contribution >= 4 is 34.4 Å². The lowest BCUT2D eigenvalue weighted by atomic mass is 10.1. The molecule has 10 heteroatoms. The largest absolute Gasteiger partial charge is 0.483 e. The number of amides is 1. The van der Waals surface area contributed by atoms with E-state index in [4.69, 9.17) is 9.47 Å². The standard InChI is InChI=1S/C20H20F2N4O3S/c1-10(27)24-16-5-11-12(8-26(3)13(11)7-23-16)18-19-14(6-17(25-18)30-4)29-15(9-28-19)20(2,21)22/h5-8,15H,9H2,1-4H3,(H,23,24,27). The molecular formula is C20H20F2N4O3S. The van der Waals surface area contributed by atoms with Gasteiger partial charge < -0.3 is 19.4 Å². The highest BCUT2D eigenvalue weighted by molar-refractivity contribution is 7.98. The van der Waals surface area contributed by atoms with E-state index in [2.05, 4.69) is 15.3 Å². The maximum absolute atomic E-state index is 13.8. The Morgan fingerprint density at radius 2 is 2.17 bits per heavy atom. The van der Waals surface area contributed by atoms with Gasteiger partial charge in [0.05, 0.1) is 11.7 Å². The Bertz CT molecular complexity index is 1140. The molecule has 4 rings (SSSR count). The number of thioether (sulfide) groups is 1. The zero-order valence-electron chi connectivity index (χ0n) is 16.8. The molecule has 1 N–H and O–H groups in total. The smallest absolute Gasteiger partial charge is 0.284 e. The Kier molecular flexibility index (Phi) is 5.05. The maximum Gasteiger partial charge on any atom is 0.284 e. The van der Waals surface area contributed by atoms with E-state index in [1.807, 2.05) is 24.1 Å². The molecule has 0 aromatic carbocycles. The lowest BCUT2D eigenvalue weighted by Gasteiger charge is -2.31. The number of rotatable bonds is 4. The van der Waals surface area contributed by atoms with E-state index in [1.165, 1.54) is 18.7 Å². The number of fused-ring (bicyclic) bond motifs is 2. The number of aromatic nitrogens is 3. The molecule has 1 aliphatic rings. The van der Waals surface area contributed by atoms with E-state index < -0.39 is 12.0 Å². The molecule has 4 heterocycles. The first-order valence-corrected chi connectivity index (χ1v) is 10.4. The molecule has 0 bridgehead atoms. The number of ether oxygens (including phenoxy) is 2. The van der Waals surface area contributed by atoms with Gasteiger partial charge >= 0.3 is 0 Å². The van der Waals surface area contributed by atoms with Crippen molar-refractivity contribution in [3.05, 3.63) is 24.5 Å². The second-order valence-electron chi connectivity index (χ2n) is 7.14. The number of nitrogens with one attached hydrogen (secondary N) is 1. The summed E-state index contributed by atoms with van der Waals surface area (Å²) in [5, 5.41) is 4.07. The lowest BCUT2D eigenvalue weighted by Crippen LogP contribution is -2.42. The Labute approximate surface area is 175 Å². The fourth-order valence-corrected chi connectivity index (χ4v) is 3.72. The van der Waals surface area contributed by atoms with Gasteiger partial charge in [0, 0.05) is 44.1 Å². The number of pyridine rings is 2. The van der Waals surface area contributed by atoms with Crippen molar-refractivity contribution in [1.29, 1.82) is 0 Å². The van der Waals surface area contributed by atoms with Gasteiger partial charge in [-0.05, 0) is 12.3 Å². The molecule has 158 valence electrons. The van der Waals surface area contributed by atoms with E-state index in [0.29, 0.717) is 22.3 Å². The van der Waals surface area contributed by atoms with Crippen LogP contribution < -0.4 is 14.8 Å². The number of hydrogen-bond donors (Lipinski definition) is 1. The van der Waals surface area contributed by atoms with Crippen molar-refractivity contribution in [3.8, 4) is 22.8 Å². The first kappa shape index (κ1) is 20.4. The van der Waals surface area contributed by atoms with Crippen LogP contribution in [0, 0.1) is 0 Å². The van der Waals surface area contributed by atoms with Crippen LogP contribution in [0.2, 0.25) is 0 Å². The van der Waals surface area contributed by atoms with Gasteiger partial charge in [0.15, 0.2) is 17.6 Å². The molecule has 7 nitrogen and oxygen atoms in total. The van der Waals surface area contributed by atoms with Crippen molar-refractivity contribution in [3.63, 3.8) is 0 Å². The summed E-state index contributed by atoms with van der Waals surface area (Å²) in [6.07, 6.45) is 3.98. The van der Waals surface area contributed by atoms with Crippen LogP contribution in [-0.4, -0.2) is 45.3 Å². The third kappa shape index (κ3) is 3.67. The van der Waals surface area contributed by atoms with Crippen LogP contribution >= 0.6 is 11.8 Å². The van der Waals surface area contributed by atoms with Crippen molar-refractivity contribution in [2.75, 3.05) is 18.2 Å². The van der Waals surface area contributed by atoms with E-state index in [0.717, 1.165) is 23.4 Å². The molecule has 1 atom stereocenters. The van der Waals surface area contributed by atoms with Crippen LogP contribution in [-0.2, 0) is 11.8 Å². The average molecular weight is 434 g/mol. The van der Waals surface area contributed by atoms with Crippen LogP contribution in [0.15, 0.2) is 29.6 Å². The number of carbonyl (C=O) groups excluding carboxylic acids is 1. The van der Waals surface area contributed by atoms with Crippen LogP contribution in [0.1, 0.15) is 13.8 Å². The number of alkyl halides is 2. The van der Waals surface area contributed by atoms with Gasteiger partial charge in [-0.15, -0.1) is 11.8 Å². The zero-order chi connectivity index (χ0) is 21.6. The summed E-state index contributed by atoms with van der Waals surface area (Å²) >= 11 is 1.37. The topological polar surface area (TPSA) is 78.3 Å². The monoisotopic (exact) mass is 434 g/mol. The predicted octanol–water partition coefficient (Wildman–Crippen LogP) is 4.11. The molecule has 0 saturated carbocycles. The van der Waals surface area contributed by atoms with Crippen LogP contribution in [0.25, 0.3) is 22.2 Å². The third-order valence-electron chi connectivity index (χ3n) is 4.77. The number of hydrogen-bond acceptors (Lipinski definition) is 6. The Morgan fingerprint density at radius 1 is 1.40 bits per heavy atom. The zero-order valence-corrected chi connectivity index (χ0v) is 17.6. The predicted molar refractivity (Wildman–Crippen MR) is 111 cm³/mol. The summed E-state index contributed by atoms with van der Waals surface area (Å²) in [5.74, 6) is -2.32. The molecule has 0 aliphatic carbocycles. The van der Waals surface area contributed by atoms with Crippen molar-refractivity contribution in [2.45, 2.75) is 30.9 Å². The van der Waals surface area contributed by atoms with Gasteiger partial charge in [-0.2, -0.15) is 0 Å². The lowest BCUT2D eigenvalue weighted by molar-refractivity contribution is -0.114. The van der Waals surface area contributed by atoms with Gasteiger partial charge in [-0.25, -0.2) is 18.7 Å². The number of anilines is 1. The molecule has 0 spiro atoms. The first-order chi connectivity index (χ1) is 14.2. The van der Waals surface area contributed by atoms with Crippen molar-refractivity contribution < 1.29 is 23.0 Å². The number of nitrogens with zero attached hydrogens (tertiary/aromatic N) is 3. The summed E-state index contributed by atoms with van der Waals surface area (Å²) in [5.41, 5.74) is 2.03. The second-order valence-corrected chi connectivity index (χ2v) is 7.96. The normalized spacial score (nSPS) is 16.0. The molecule has 0 fully saturated rings. The Hall–Kier alpha value is -2.88. The summed E-state index contributed by atoms with van der Waals surface area (Å²) in [6, 6.07) is 3.36. The molecule has 30 heavy (non-hydrogen) atoms. The Balaban J connectivity index is 1.89. The van der Waals surface area contributed by atoms with E-state index in [-0.39, 0.29) is 18.3 Å². The molecule has 1 amide bonds. The van der Waals surface area contributed by atoms with Gasteiger partial charge in [-0.3, -0.25) is 4.79 Å². The highest BCUT2D eigenvalue weighted by Crippen LogP contribution is 2.45. The van der Waals surface area contributed by atoms with Crippen molar-refractivity contribution in [2.24, 2.45) is 7.05 Å². The minimum atomic E-state index is -3.04. The van der Waals surface area contributed by atoms with Crippen LogP contribution in [0.5, 0.6) is 11.5 Å². The summed E-state index contributed by atoms with van der Waals surface area (Å²) in [7, 11) is 1.86. The van der Waals surface area contributed by atoms with Crippen LogP contribution in [0.3, 0.4) is 0 Å². The van der Waals surface area contributed by atoms with Gasteiger partial charge in [0.25, 0.3) is 5.92 Å². The van der Waals surface area contributed by atoms with Gasteiger partial charge in [0.1, 0.15) is 23.1 Å². The molecule has 3 aromatic heterocycles. The van der Waals surface area contributed by atoms with Gasteiger partial charge in [-0.1, -0.05) is 0 Å². The minimum absolute atomic E-state index is 0.232. The maximum atomic E-state index is 13.8. The highest BCUT2D eigenvalue weighted by Gasteiger charge is 2.41. The number of aryl methyl sites for hydroxylation is 1. The summed E-state index contributed by atoms with van der Waals surface area (Å²) < 4.78 is 40.8.